The molecule has 0 aromatic carbocycles. The van der Waals surface area contributed by atoms with E-state index in [0.717, 1.165) is 18.5 Å². The minimum Gasteiger partial charge on any atom is -0.392 e. The molecule has 3 N–H and O–H groups in total. The van der Waals surface area contributed by atoms with E-state index < -0.39 is 5.72 Å². The van der Waals surface area contributed by atoms with Crippen molar-refractivity contribution in [2.75, 3.05) is 30.0 Å². The number of ether oxygens (including phenoxy) is 1. The number of nitrogens with one attached hydrogen (secondary N) is 1. The molecule has 0 radical (unpaired) electrons. The number of rotatable bonds is 6. The van der Waals surface area contributed by atoms with Gasteiger partial charge in [0.2, 0.25) is 0 Å². The van der Waals surface area contributed by atoms with Crippen LogP contribution in [0.5, 0.6) is 0 Å². The highest BCUT2D eigenvalue weighted by Crippen LogP contribution is 2.37. The van der Waals surface area contributed by atoms with Gasteiger partial charge in [0.1, 0.15) is 17.0 Å². The van der Waals surface area contributed by atoms with Crippen molar-refractivity contribution in [3.8, 4) is 16.9 Å². The summed E-state index contributed by atoms with van der Waals surface area (Å²) in [6, 6.07) is 8.80. The van der Waals surface area contributed by atoms with Crippen LogP contribution in [0.3, 0.4) is 0 Å². The third-order valence-electron chi connectivity index (χ3n) is 8.87. The van der Waals surface area contributed by atoms with Gasteiger partial charge in [0, 0.05) is 55.2 Å². The Kier molecular flexibility index (Phi) is 7.07. The average Bonchev–Trinajstić information content (AvgIpc) is 3.51. The second kappa shape index (κ2) is 10.9. The summed E-state index contributed by atoms with van der Waals surface area (Å²) in [7, 11) is 1.64. The van der Waals surface area contributed by atoms with Crippen LogP contribution in [0.1, 0.15) is 37.6 Å². The van der Waals surface area contributed by atoms with Gasteiger partial charge >= 0.3 is 0 Å². The normalized spacial score (nSPS) is 19.0. The topological polar surface area (TPSA) is 152 Å². The lowest BCUT2D eigenvalue weighted by Crippen LogP contribution is -2.55. The summed E-state index contributed by atoms with van der Waals surface area (Å²) in [5.41, 5.74) is 3.27. The SMILES string of the molecule is Cn1cc(-c2ccnc(-n3ccn4c5c(cc4c3=O)CC(C)(C)C5)c2CO)cc(Nc2ccc(N3CCOC[C@]3(C)O)nn2)c1=O. The number of aliphatic hydroxyl groups excluding tert-OH is 1. The van der Waals surface area contributed by atoms with Crippen molar-refractivity contribution in [3.05, 3.63) is 92.6 Å². The number of aliphatic hydroxyl groups is 2. The van der Waals surface area contributed by atoms with Crippen molar-refractivity contribution >= 4 is 22.8 Å². The lowest BCUT2D eigenvalue weighted by Gasteiger charge is -2.40. The van der Waals surface area contributed by atoms with Crippen LogP contribution in [0.25, 0.3) is 22.5 Å². The zero-order chi connectivity index (χ0) is 32.4. The van der Waals surface area contributed by atoms with Gasteiger partial charge in [-0.05, 0) is 66.6 Å². The quantitative estimate of drug-likeness (QED) is 0.257. The number of anilines is 3. The molecule has 46 heavy (non-hydrogen) atoms. The fraction of sp³-hybridized carbons (Fsp3) is 0.364. The molecule has 238 valence electrons. The number of morpholine rings is 1. The zero-order valence-corrected chi connectivity index (χ0v) is 26.2. The Hall–Kier alpha value is -4.85. The Balaban J connectivity index is 1.23. The zero-order valence-electron chi connectivity index (χ0n) is 26.2. The Bertz CT molecular complexity index is 2090. The Labute approximate surface area is 264 Å². The highest BCUT2D eigenvalue weighted by molar-refractivity contribution is 5.73. The number of aryl methyl sites for hydroxylation is 1. The molecule has 2 aliphatic rings. The largest absolute Gasteiger partial charge is 0.392 e. The van der Waals surface area contributed by atoms with Crippen LogP contribution in [-0.2, 0) is 31.2 Å². The number of hydrogen-bond acceptors (Lipinski definition) is 10. The fourth-order valence-electron chi connectivity index (χ4n) is 6.67. The summed E-state index contributed by atoms with van der Waals surface area (Å²) in [4.78, 5) is 33.1. The van der Waals surface area contributed by atoms with Crippen molar-refractivity contribution in [2.45, 2.75) is 45.9 Å². The molecule has 0 amide bonds. The first kappa shape index (κ1) is 29.8. The highest BCUT2D eigenvalue weighted by atomic mass is 16.5. The van der Waals surface area contributed by atoms with Crippen LogP contribution in [-0.4, -0.2) is 64.4 Å². The van der Waals surface area contributed by atoms with Gasteiger partial charge in [-0.2, -0.15) is 0 Å². The van der Waals surface area contributed by atoms with Crippen molar-refractivity contribution < 1.29 is 14.9 Å². The van der Waals surface area contributed by atoms with Gasteiger partial charge in [-0.15, -0.1) is 10.2 Å². The summed E-state index contributed by atoms with van der Waals surface area (Å²) >= 11 is 0. The van der Waals surface area contributed by atoms with E-state index in [-0.39, 0.29) is 35.4 Å². The lowest BCUT2D eigenvalue weighted by molar-refractivity contribution is -0.0627. The molecule has 13 heteroatoms. The minimum atomic E-state index is -1.21. The second-order valence-electron chi connectivity index (χ2n) is 13.1. The van der Waals surface area contributed by atoms with E-state index in [9.17, 15) is 19.8 Å². The first-order valence-electron chi connectivity index (χ1n) is 15.2. The molecular weight excluding hydrogens is 588 g/mol. The molecule has 0 spiro atoms. The van der Waals surface area contributed by atoms with E-state index in [1.54, 1.807) is 61.7 Å². The van der Waals surface area contributed by atoms with Crippen LogP contribution < -0.4 is 21.3 Å². The Morgan fingerprint density at radius 1 is 1.04 bits per heavy atom. The van der Waals surface area contributed by atoms with Gasteiger partial charge in [0.15, 0.2) is 17.4 Å². The molecular formula is C33H36N8O5. The summed E-state index contributed by atoms with van der Waals surface area (Å²) in [6.45, 7) is 6.80. The first-order valence-corrected chi connectivity index (χ1v) is 15.2. The molecule has 6 heterocycles. The van der Waals surface area contributed by atoms with Gasteiger partial charge in [0.05, 0.1) is 19.8 Å². The molecule has 1 atom stereocenters. The predicted octanol–water partition coefficient (Wildman–Crippen LogP) is 2.55. The maximum absolute atomic E-state index is 13.8. The molecule has 13 nitrogen and oxygen atoms in total. The van der Waals surface area contributed by atoms with E-state index in [1.807, 2.05) is 16.7 Å². The molecule has 1 fully saturated rings. The summed E-state index contributed by atoms with van der Waals surface area (Å²) in [6.07, 6.45) is 8.64. The number of nitrogens with zero attached hydrogens (tertiary/aromatic N) is 7. The smallest absolute Gasteiger partial charge is 0.280 e. The van der Waals surface area contributed by atoms with Crippen LogP contribution in [0.4, 0.5) is 17.3 Å². The van der Waals surface area contributed by atoms with Crippen molar-refractivity contribution in [1.29, 1.82) is 0 Å². The van der Waals surface area contributed by atoms with E-state index in [4.69, 9.17) is 4.74 Å². The molecule has 1 saturated heterocycles. The maximum Gasteiger partial charge on any atom is 0.280 e. The Morgan fingerprint density at radius 3 is 2.61 bits per heavy atom. The van der Waals surface area contributed by atoms with Crippen LogP contribution in [0.2, 0.25) is 0 Å². The Morgan fingerprint density at radius 2 is 1.87 bits per heavy atom. The third kappa shape index (κ3) is 5.06. The van der Waals surface area contributed by atoms with Crippen molar-refractivity contribution in [3.63, 3.8) is 0 Å². The van der Waals surface area contributed by atoms with E-state index in [1.165, 1.54) is 14.7 Å². The fourth-order valence-corrected chi connectivity index (χ4v) is 6.67. The third-order valence-corrected chi connectivity index (χ3v) is 8.87. The van der Waals surface area contributed by atoms with Crippen molar-refractivity contribution in [1.82, 2.24) is 28.7 Å². The van der Waals surface area contributed by atoms with E-state index >= 15 is 0 Å². The summed E-state index contributed by atoms with van der Waals surface area (Å²) in [5.74, 6) is 1.14. The highest BCUT2D eigenvalue weighted by Gasteiger charge is 2.34. The molecule has 5 aromatic heterocycles. The number of fused-ring (bicyclic) bond motifs is 3. The molecule has 0 unspecified atom stereocenters. The van der Waals surface area contributed by atoms with Gasteiger partial charge in [-0.1, -0.05) is 13.8 Å². The van der Waals surface area contributed by atoms with Gasteiger partial charge in [0.25, 0.3) is 11.1 Å². The first-order chi connectivity index (χ1) is 22.0. The number of pyridine rings is 2. The summed E-state index contributed by atoms with van der Waals surface area (Å²) in [5, 5.41) is 32.8. The summed E-state index contributed by atoms with van der Waals surface area (Å²) < 4.78 is 10.2. The monoisotopic (exact) mass is 624 g/mol. The van der Waals surface area contributed by atoms with E-state index in [0.29, 0.717) is 52.8 Å². The molecule has 1 aliphatic carbocycles. The van der Waals surface area contributed by atoms with Crippen LogP contribution in [0, 0.1) is 5.41 Å². The van der Waals surface area contributed by atoms with Crippen LogP contribution >= 0.6 is 0 Å². The lowest BCUT2D eigenvalue weighted by atomic mass is 9.90. The number of aromatic nitrogens is 6. The van der Waals surface area contributed by atoms with E-state index in [2.05, 4.69) is 34.3 Å². The maximum atomic E-state index is 13.8. The van der Waals surface area contributed by atoms with Crippen LogP contribution in [0.15, 0.2) is 64.7 Å². The second-order valence-corrected chi connectivity index (χ2v) is 13.1. The minimum absolute atomic E-state index is 0.153. The molecule has 5 aromatic rings. The van der Waals surface area contributed by atoms with Gasteiger partial charge < -0.3 is 34.1 Å². The van der Waals surface area contributed by atoms with Gasteiger partial charge in [-0.25, -0.2) is 4.98 Å². The number of hydrogen-bond donors (Lipinski definition) is 3. The van der Waals surface area contributed by atoms with Gasteiger partial charge in [-0.3, -0.25) is 14.2 Å². The molecule has 0 saturated carbocycles. The molecule has 1 aliphatic heterocycles. The molecule has 0 bridgehead atoms. The predicted molar refractivity (Wildman–Crippen MR) is 173 cm³/mol. The average molecular weight is 625 g/mol. The standard InChI is InChI=1S/C33H36N8O5/c1-32(2)15-20-14-25-31(44)40(10-9-39(25)26(20)16-32)29-23(18-42)22(7-8-34-29)21-13-24(30(43)38(4)17-21)35-27-5-6-28(37-36-27)41-11-12-46-19-33(41,3)45/h5-10,13-14,17,42,45H,11-12,15-16,18-19H2,1-4H3,(H,35,36)/t33-/m0/s1. The molecule has 7 rings (SSSR count). The van der Waals surface area contributed by atoms with Crippen molar-refractivity contribution in [2.24, 2.45) is 12.5 Å².